The Kier molecular flexibility index (Phi) is 5.51. The van der Waals surface area contributed by atoms with E-state index in [0.29, 0.717) is 19.1 Å². The molecule has 6 heteroatoms. The lowest BCUT2D eigenvalue weighted by Gasteiger charge is -2.23. The highest BCUT2D eigenvalue weighted by Crippen LogP contribution is 2.07. The minimum atomic E-state index is 0.0104. The minimum Gasteiger partial charge on any atom is -0.383 e. The van der Waals surface area contributed by atoms with E-state index in [1.54, 1.807) is 32.3 Å². The van der Waals surface area contributed by atoms with Gasteiger partial charge in [0.15, 0.2) is 0 Å². The fourth-order valence-electron chi connectivity index (χ4n) is 1.34. The lowest BCUT2D eigenvalue weighted by Crippen LogP contribution is -2.39. The molecule has 0 fully saturated rings. The van der Waals surface area contributed by atoms with Gasteiger partial charge in [-0.15, -0.1) is 0 Å². The number of amides is 1. The number of ether oxygens (including phenoxy) is 1. The number of hydrogen-bond donors (Lipinski definition) is 0. The predicted octanol–water partition coefficient (Wildman–Crippen LogP) is 0.326. The summed E-state index contributed by atoms with van der Waals surface area (Å²) in [5, 5.41) is 0. The predicted molar refractivity (Wildman–Crippen MR) is 69.6 cm³/mol. The maximum absolute atomic E-state index is 11.8. The number of aryl methyl sites for hydroxylation is 1. The van der Waals surface area contributed by atoms with E-state index in [1.165, 1.54) is 0 Å². The second-order valence-corrected chi connectivity index (χ2v) is 4.20. The Morgan fingerprint density at radius 3 is 2.72 bits per heavy atom. The quantitative estimate of drug-likeness (QED) is 0.730. The van der Waals surface area contributed by atoms with E-state index in [-0.39, 0.29) is 12.5 Å². The first-order valence-electron chi connectivity index (χ1n) is 5.78. The summed E-state index contributed by atoms with van der Waals surface area (Å²) in [6.45, 7) is 3.25. The maximum Gasteiger partial charge on any atom is 0.241 e. The van der Waals surface area contributed by atoms with Crippen molar-refractivity contribution in [3.05, 3.63) is 18.0 Å². The second kappa shape index (κ2) is 6.90. The molecule has 1 rings (SSSR count). The molecule has 0 bridgehead atoms. The lowest BCUT2D eigenvalue weighted by atomic mass is 10.4. The van der Waals surface area contributed by atoms with E-state index in [4.69, 9.17) is 4.74 Å². The van der Waals surface area contributed by atoms with Gasteiger partial charge >= 0.3 is 0 Å². The summed E-state index contributed by atoms with van der Waals surface area (Å²) >= 11 is 0. The summed E-state index contributed by atoms with van der Waals surface area (Å²) in [6.07, 6.45) is 1.69. The number of methoxy groups -OCH3 is 1. The van der Waals surface area contributed by atoms with Gasteiger partial charge in [-0.2, -0.15) is 0 Å². The van der Waals surface area contributed by atoms with Crippen LogP contribution in [-0.4, -0.2) is 61.7 Å². The summed E-state index contributed by atoms with van der Waals surface area (Å²) < 4.78 is 5.04. The summed E-state index contributed by atoms with van der Waals surface area (Å²) in [7, 11) is 5.09. The van der Waals surface area contributed by atoms with E-state index < -0.39 is 0 Å². The smallest absolute Gasteiger partial charge is 0.241 e. The van der Waals surface area contributed by atoms with Crippen molar-refractivity contribution in [3.8, 4) is 0 Å². The molecule has 100 valence electrons. The van der Waals surface area contributed by atoms with Gasteiger partial charge in [0.25, 0.3) is 0 Å². The Labute approximate surface area is 108 Å². The fourth-order valence-corrected chi connectivity index (χ4v) is 1.34. The van der Waals surface area contributed by atoms with Crippen LogP contribution in [0.2, 0.25) is 0 Å². The molecule has 6 nitrogen and oxygen atoms in total. The lowest BCUT2D eigenvalue weighted by molar-refractivity contribution is -0.127. The van der Waals surface area contributed by atoms with Crippen LogP contribution >= 0.6 is 0 Å². The molecule has 1 heterocycles. The molecule has 0 unspecified atom stereocenters. The third-order valence-electron chi connectivity index (χ3n) is 2.46. The Morgan fingerprint density at radius 1 is 1.44 bits per heavy atom. The number of rotatable bonds is 6. The Hall–Kier alpha value is -1.69. The highest BCUT2D eigenvalue weighted by molar-refractivity contribution is 5.80. The van der Waals surface area contributed by atoms with Crippen LogP contribution in [-0.2, 0) is 9.53 Å². The first-order chi connectivity index (χ1) is 8.54. The summed E-state index contributed by atoms with van der Waals surface area (Å²) in [5.41, 5.74) is 0.875. The van der Waals surface area contributed by atoms with Crippen LogP contribution in [0.1, 0.15) is 5.69 Å². The molecule has 0 aliphatic carbocycles. The molecule has 0 aliphatic rings. The molecule has 18 heavy (non-hydrogen) atoms. The van der Waals surface area contributed by atoms with Gasteiger partial charge in [-0.1, -0.05) is 0 Å². The van der Waals surface area contributed by atoms with E-state index >= 15 is 0 Å². The van der Waals surface area contributed by atoms with Crippen LogP contribution in [0, 0.1) is 6.92 Å². The summed E-state index contributed by atoms with van der Waals surface area (Å²) in [6, 6.07) is 1.83. The van der Waals surface area contributed by atoms with Crippen LogP contribution < -0.4 is 4.90 Å². The number of nitrogens with zero attached hydrogens (tertiary/aromatic N) is 4. The van der Waals surface area contributed by atoms with Crippen LogP contribution in [0.25, 0.3) is 0 Å². The van der Waals surface area contributed by atoms with Crippen molar-refractivity contribution in [1.82, 2.24) is 14.9 Å². The van der Waals surface area contributed by atoms with Gasteiger partial charge in [0.1, 0.15) is 0 Å². The Balaban J connectivity index is 2.80. The second-order valence-electron chi connectivity index (χ2n) is 4.20. The highest BCUT2D eigenvalue weighted by atomic mass is 16.5. The van der Waals surface area contributed by atoms with E-state index in [1.807, 2.05) is 17.9 Å². The average molecular weight is 252 g/mol. The molecule has 0 saturated carbocycles. The summed E-state index contributed by atoms with van der Waals surface area (Å²) in [4.78, 5) is 23.7. The largest absolute Gasteiger partial charge is 0.383 e. The number of carbonyl (C=O) groups is 1. The van der Waals surface area contributed by atoms with Crippen molar-refractivity contribution in [1.29, 1.82) is 0 Å². The maximum atomic E-state index is 11.8. The van der Waals surface area contributed by atoms with Gasteiger partial charge in [0.05, 0.1) is 13.2 Å². The van der Waals surface area contributed by atoms with Gasteiger partial charge < -0.3 is 14.5 Å². The van der Waals surface area contributed by atoms with Crippen LogP contribution in [0.4, 0.5) is 5.95 Å². The van der Waals surface area contributed by atoms with E-state index in [0.717, 1.165) is 5.69 Å². The van der Waals surface area contributed by atoms with Gasteiger partial charge in [-0.3, -0.25) is 4.79 Å². The Morgan fingerprint density at radius 2 is 2.17 bits per heavy atom. The van der Waals surface area contributed by atoms with Crippen LogP contribution in [0.3, 0.4) is 0 Å². The van der Waals surface area contributed by atoms with Crippen LogP contribution in [0.5, 0.6) is 0 Å². The van der Waals surface area contributed by atoms with E-state index in [9.17, 15) is 4.79 Å². The molecular weight excluding hydrogens is 232 g/mol. The zero-order valence-electron chi connectivity index (χ0n) is 11.4. The van der Waals surface area contributed by atoms with Crippen molar-refractivity contribution in [2.45, 2.75) is 6.92 Å². The molecule has 0 aliphatic heterocycles. The third kappa shape index (κ3) is 4.29. The van der Waals surface area contributed by atoms with Crippen molar-refractivity contribution in [3.63, 3.8) is 0 Å². The number of likely N-dealkylation sites (N-methyl/N-ethyl adjacent to an activating group) is 1. The monoisotopic (exact) mass is 252 g/mol. The molecule has 0 radical (unpaired) electrons. The first-order valence-corrected chi connectivity index (χ1v) is 5.78. The van der Waals surface area contributed by atoms with Crippen LogP contribution in [0.15, 0.2) is 12.3 Å². The molecule has 0 N–H and O–H groups in total. The minimum absolute atomic E-state index is 0.0104. The van der Waals surface area contributed by atoms with Crippen molar-refractivity contribution in [2.75, 3.05) is 45.8 Å². The SMILES string of the molecule is COCCN(CC(=O)N(C)C)c1nccc(C)n1. The number of carbonyl (C=O) groups excluding carboxylic acids is 1. The topological polar surface area (TPSA) is 58.6 Å². The normalized spacial score (nSPS) is 10.2. The molecule has 1 aromatic rings. The number of hydrogen-bond acceptors (Lipinski definition) is 5. The number of aromatic nitrogens is 2. The molecular formula is C12H20N4O2. The van der Waals surface area contributed by atoms with Gasteiger partial charge in [0.2, 0.25) is 11.9 Å². The van der Waals surface area contributed by atoms with Crippen molar-refractivity contribution < 1.29 is 9.53 Å². The van der Waals surface area contributed by atoms with Gasteiger partial charge in [-0.05, 0) is 13.0 Å². The highest BCUT2D eigenvalue weighted by Gasteiger charge is 2.15. The average Bonchev–Trinajstić information content (AvgIpc) is 2.34. The van der Waals surface area contributed by atoms with Gasteiger partial charge in [-0.25, -0.2) is 9.97 Å². The standard InChI is InChI=1S/C12H20N4O2/c1-10-5-6-13-12(14-10)16(7-8-18-4)9-11(17)15(2)3/h5-6H,7-9H2,1-4H3. The first kappa shape index (κ1) is 14.4. The molecule has 0 atom stereocenters. The van der Waals surface area contributed by atoms with Crippen molar-refractivity contribution in [2.24, 2.45) is 0 Å². The molecule has 0 spiro atoms. The van der Waals surface area contributed by atoms with Gasteiger partial charge in [0, 0.05) is 39.6 Å². The zero-order chi connectivity index (χ0) is 13.5. The Bertz CT molecular complexity index is 395. The van der Waals surface area contributed by atoms with Crippen molar-refractivity contribution >= 4 is 11.9 Å². The molecule has 0 saturated heterocycles. The molecule has 0 aromatic carbocycles. The third-order valence-corrected chi connectivity index (χ3v) is 2.46. The van der Waals surface area contributed by atoms with E-state index in [2.05, 4.69) is 9.97 Å². The fraction of sp³-hybridized carbons (Fsp3) is 0.583. The summed E-state index contributed by atoms with van der Waals surface area (Å²) in [5.74, 6) is 0.568. The zero-order valence-corrected chi connectivity index (χ0v) is 11.4. The molecule has 1 aromatic heterocycles. The number of anilines is 1. The molecule has 1 amide bonds.